The van der Waals surface area contributed by atoms with E-state index >= 15 is 0 Å². The lowest BCUT2D eigenvalue weighted by Crippen LogP contribution is -2.39. The Morgan fingerprint density at radius 2 is 1.70 bits per heavy atom. The molecule has 0 aliphatic carbocycles. The van der Waals surface area contributed by atoms with Crippen LogP contribution in [0.25, 0.3) is 11.1 Å². The molecule has 4 heteroatoms. The van der Waals surface area contributed by atoms with Gasteiger partial charge in [-0.15, -0.1) is 0 Å². The summed E-state index contributed by atoms with van der Waals surface area (Å²) in [5, 5.41) is 9.25. The molecule has 118 valence electrons. The number of carbonyl (C=O) groups is 2. The molecule has 3 rings (SSSR count). The molecular formula is C19H19NO3. The minimum atomic E-state index is -1.15. The number of amides is 2. The first-order valence-corrected chi connectivity index (χ1v) is 7.76. The summed E-state index contributed by atoms with van der Waals surface area (Å²) in [6.45, 7) is 1.79. The van der Waals surface area contributed by atoms with Crippen molar-refractivity contribution in [2.24, 2.45) is 5.92 Å². The van der Waals surface area contributed by atoms with Gasteiger partial charge >= 0.3 is 6.09 Å². The largest absolute Gasteiger partial charge is 0.465 e. The fraction of sp³-hybridized carbons (Fsp3) is 0.263. The van der Waals surface area contributed by atoms with Gasteiger partial charge in [-0.1, -0.05) is 61.5 Å². The van der Waals surface area contributed by atoms with E-state index in [0.717, 1.165) is 21.6 Å². The lowest BCUT2D eigenvalue weighted by molar-refractivity contribution is -0.129. The molecule has 1 aliphatic heterocycles. The van der Waals surface area contributed by atoms with Crippen molar-refractivity contribution in [3.05, 3.63) is 60.2 Å². The zero-order valence-electron chi connectivity index (χ0n) is 13.0. The molecule has 1 fully saturated rings. The highest BCUT2D eigenvalue weighted by Crippen LogP contribution is 2.28. The topological polar surface area (TPSA) is 57.6 Å². The fourth-order valence-electron chi connectivity index (χ4n) is 3.19. The van der Waals surface area contributed by atoms with Crippen molar-refractivity contribution in [3.63, 3.8) is 0 Å². The van der Waals surface area contributed by atoms with Gasteiger partial charge in [0.2, 0.25) is 5.91 Å². The van der Waals surface area contributed by atoms with Crippen molar-refractivity contribution in [1.29, 1.82) is 0 Å². The molecule has 0 aromatic heterocycles. The van der Waals surface area contributed by atoms with E-state index in [-0.39, 0.29) is 17.9 Å². The third-order valence-corrected chi connectivity index (χ3v) is 4.39. The average molecular weight is 309 g/mol. The highest BCUT2D eigenvalue weighted by molar-refractivity contribution is 5.94. The van der Waals surface area contributed by atoms with Gasteiger partial charge < -0.3 is 5.11 Å². The lowest BCUT2D eigenvalue weighted by atomic mass is 9.98. The molecule has 1 aliphatic rings. The van der Waals surface area contributed by atoms with Gasteiger partial charge in [0.25, 0.3) is 0 Å². The Morgan fingerprint density at radius 3 is 2.30 bits per heavy atom. The fourth-order valence-corrected chi connectivity index (χ4v) is 3.19. The van der Waals surface area contributed by atoms with Crippen LogP contribution in [0.1, 0.15) is 18.9 Å². The van der Waals surface area contributed by atoms with Crippen LogP contribution in [-0.2, 0) is 11.2 Å². The van der Waals surface area contributed by atoms with Crippen LogP contribution in [0.15, 0.2) is 54.6 Å². The normalized spacial score (nSPS) is 20.7. The van der Waals surface area contributed by atoms with Crippen molar-refractivity contribution < 1.29 is 14.7 Å². The van der Waals surface area contributed by atoms with Crippen LogP contribution in [-0.4, -0.2) is 28.0 Å². The summed E-state index contributed by atoms with van der Waals surface area (Å²) in [6, 6.07) is 17.9. The predicted octanol–water partition coefficient (Wildman–Crippen LogP) is 3.81. The molecule has 0 unspecified atom stereocenters. The zero-order valence-corrected chi connectivity index (χ0v) is 13.0. The van der Waals surface area contributed by atoms with Crippen molar-refractivity contribution in [2.45, 2.75) is 25.8 Å². The third-order valence-electron chi connectivity index (χ3n) is 4.39. The summed E-state index contributed by atoms with van der Waals surface area (Å²) < 4.78 is 0. The molecule has 2 amide bonds. The van der Waals surface area contributed by atoms with Crippen molar-refractivity contribution in [2.75, 3.05) is 0 Å². The van der Waals surface area contributed by atoms with Gasteiger partial charge in [-0.3, -0.25) is 4.79 Å². The Hall–Kier alpha value is -2.62. The van der Waals surface area contributed by atoms with Gasteiger partial charge in [-0.2, -0.15) is 0 Å². The average Bonchev–Trinajstić information content (AvgIpc) is 2.83. The van der Waals surface area contributed by atoms with Crippen LogP contribution < -0.4 is 0 Å². The highest BCUT2D eigenvalue weighted by Gasteiger charge is 2.40. The Morgan fingerprint density at radius 1 is 1.09 bits per heavy atom. The summed E-state index contributed by atoms with van der Waals surface area (Å²) >= 11 is 0. The summed E-state index contributed by atoms with van der Waals surface area (Å²) in [5.74, 6) is -0.511. The molecule has 0 radical (unpaired) electrons. The Labute approximate surface area is 135 Å². The minimum absolute atomic E-state index is 0.223. The van der Waals surface area contributed by atoms with E-state index in [2.05, 4.69) is 12.1 Å². The maximum absolute atomic E-state index is 11.9. The van der Waals surface area contributed by atoms with Crippen LogP contribution in [0.5, 0.6) is 0 Å². The second-order valence-electron chi connectivity index (χ2n) is 6.05. The molecule has 1 saturated heterocycles. The molecule has 2 atom stereocenters. The molecule has 2 aromatic rings. The van der Waals surface area contributed by atoms with Gasteiger partial charge in [0.15, 0.2) is 0 Å². The molecular weight excluding hydrogens is 290 g/mol. The lowest BCUT2D eigenvalue weighted by Gasteiger charge is -2.19. The molecule has 0 saturated carbocycles. The number of likely N-dealkylation sites (tertiary alicyclic amines) is 1. The van der Waals surface area contributed by atoms with Crippen LogP contribution in [0, 0.1) is 5.92 Å². The van der Waals surface area contributed by atoms with E-state index in [1.807, 2.05) is 42.5 Å². The van der Waals surface area contributed by atoms with Crippen LogP contribution >= 0.6 is 0 Å². The Bertz CT molecular complexity index is 709. The van der Waals surface area contributed by atoms with E-state index < -0.39 is 6.09 Å². The molecule has 23 heavy (non-hydrogen) atoms. The third kappa shape index (κ3) is 3.11. The maximum atomic E-state index is 11.9. The first-order valence-electron chi connectivity index (χ1n) is 7.76. The van der Waals surface area contributed by atoms with Gasteiger partial charge in [0.05, 0.1) is 0 Å². The van der Waals surface area contributed by atoms with Crippen LogP contribution in [0.3, 0.4) is 0 Å². The predicted molar refractivity (Wildman–Crippen MR) is 88.0 cm³/mol. The number of carboxylic acid groups (broad SMARTS) is 1. The Balaban J connectivity index is 1.76. The molecule has 4 nitrogen and oxygen atoms in total. The van der Waals surface area contributed by atoms with E-state index in [1.54, 1.807) is 6.92 Å². The number of nitrogens with zero attached hydrogens (tertiary/aromatic N) is 1. The summed E-state index contributed by atoms with van der Waals surface area (Å²) in [6.07, 6.45) is 0.00786. The first kappa shape index (κ1) is 15.3. The highest BCUT2D eigenvalue weighted by atomic mass is 16.4. The summed E-state index contributed by atoms with van der Waals surface area (Å²) in [5.41, 5.74) is 3.32. The maximum Gasteiger partial charge on any atom is 0.414 e. The van der Waals surface area contributed by atoms with Crippen LogP contribution in [0.4, 0.5) is 4.79 Å². The van der Waals surface area contributed by atoms with Gasteiger partial charge in [-0.05, 0) is 29.5 Å². The number of rotatable bonds is 3. The monoisotopic (exact) mass is 309 g/mol. The molecule has 0 spiro atoms. The van der Waals surface area contributed by atoms with E-state index in [1.165, 1.54) is 0 Å². The second kappa shape index (κ2) is 6.24. The summed E-state index contributed by atoms with van der Waals surface area (Å²) in [7, 11) is 0. The smallest absolute Gasteiger partial charge is 0.414 e. The number of benzene rings is 2. The quantitative estimate of drug-likeness (QED) is 0.938. The van der Waals surface area contributed by atoms with Gasteiger partial charge in [0.1, 0.15) is 0 Å². The van der Waals surface area contributed by atoms with E-state index in [9.17, 15) is 14.7 Å². The first-order chi connectivity index (χ1) is 11.1. The van der Waals surface area contributed by atoms with Crippen LogP contribution in [0.2, 0.25) is 0 Å². The van der Waals surface area contributed by atoms with Gasteiger partial charge in [0, 0.05) is 12.0 Å². The molecule has 1 heterocycles. The SMILES string of the molecule is C[C@H]1C[C@@H](Cc2ccc(-c3ccccc3)cc2)N(C(=O)O)C1=O. The van der Waals surface area contributed by atoms with Gasteiger partial charge in [-0.25, -0.2) is 9.69 Å². The van der Waals surface area contributed by atoms with Crippen molar-refractivity contribution in [1.82, 2.24) is 4.90 Å². The number of imide groups is 1. The number of carbonyl (C=O) groups excluding carboxylic acids is 1. The zero-order chi connectivity index (χ0) is 16.4. The molecule has 0 bridgehead atoms. The number of hydrogen-bond acceptors (Lipinski definition) is 2. The molecule has 1 N–H and O–H groups in total. The minimum Gasteiger partial charge on any atom is -0.465 e. The van der Waals surface area contributed by atoms with E-state index in [4.69, 9.17) is 0 Å². The second-order valence-corrected chi connectivity index (χ2v) is 6.05. The van der Waals surface area contributed by atoms with Crippen molar-refractivity contribution >= 4 is 12.0 Å². The van der Waals surface area contributed by atoms with Crippen molar-refractivity contribution in [3.8, 4) is 11.1 Å². The Kier molecular flexibility index (Phi) is 4.15. The number of hydrogen-bond donors (Lipinski definition) is 1. The standard InChI is InChI=1S/C19H19NO3/c1-13-11-17(20(18(13)21)19(22)23)12-14-7-9-16(10-8-14)15-5-3-2-4-6-15/h2-10,13,17H,11-12H2,1H3,(H,22,23)/t13-,17-/m0/s1. The molecule has 2 aromatic carbocycles. The summed E-state index contributed by atoms with van der Waals surface area (Å²) in [4.78, 5) is 24.2. The van der Waals surface area contributed by atoms with E-state index in [0.29, 0.717) is 12.8 Å².